The van der Waals surface area contributed by atoms with Crippen molar-refractivity contribution in [2.75, 3.05) is 55.5 Å². The summed E-state index contributed by atoms with van der Waals surface area (Å²) in [7, 11) is 3.08. The number of aryl methyl sites for hydroxylation is 1. The maximum Gasteiger partial charge on any atom is 0.353 e. The van der Waals surface area contributed by atoms with E-state index in [0.717, 1.165) is 13.1 Å². The highest BCUT2D eigenvalue weighted by Gasteiger charge is 2.30. The number of rotatable bonds is 7. The van der Waals surface area contributed by atoms with Gasteiger partial charge >= 0.3 is 5.69 Å². The van der Waals surface area contributed by atoms with Crippen LogP contribution in [0.1, 0.15) is 11.1 Å². The van der Waals surface area contributed by atoms with Gasteiger partial charge in [0, 0.05) is 37.9 Å². The van der Waals surface area contributed by atoms with Crippen LogP contribution in [0.4, 0.5) is 28.7 Å². The second kappa shape index (κ2) is 9.82. The lowest BCUT2D eigenvalue weighted by Gasteiger charge is -2.37. The minimum absolute atomic E-state index is 0.107. The third-order valence-corrected chi connectivity index (χ3v) is 6.14. The maximum absolute atomic E-state index is 12.1. The number of nitrogens with one attached hydrogen (secondary N) is 1. The molecule has 178 valence electrons. The molecule has 0 unspecified atom stereocenters. The number of hydrogen-bond acceptors (Lipinski definition) is 9. The smallest absolute Gasteiger partial charge is 0.353 e. The Morgan fingerprint density at radius 3 is 2.41 bits per heavy atom. The van der Waals surface area contributed by atoms with E-state index in [1.54, 1.807) is 25.3 Å². The zero-order valence-electron chi connectivity index (χ0n) is 19.7. The summed E-state index contributed by atoms with van der Waals surface area (Å²) in [4.78, 5) is 24.4. The first kappa shape index (κ1) is 23.1. The molecule has 2 heterocycles. The molecule has 0 spiro atoms. The lowest BCUT2D eigenvalue weighted by molar-refractivity contribution is -0.383. The molecule has 0 saturated carbocycles. The third-order valence-electron chi connectivity index (χ3n) is 6.14. The normalized spacial score (nSPS) is 13.5. The molecular weight excluding hydrogens is 436 g/mol. The lowest BCUT2D eigenvalue weighted by Crippen LogP contribution is -2.47. The van der Waals surface area contributed by atoms with Crippen molar-refractivity contribution < 1.29 is 14.4 Å². The highest BCUT2D eigenvalue weighted by molar-refractivity contribution is 5.77. The molecule has 1 aromatic heterocycles. The summed E-state index contributed by atoms with van der Waals surface area (Å²) in [5.74, 6) is 1.50. The van der Waals surface area contributed by atoms with Crippen molar-refractivity contribution in [1.82, 2.24) is 9.97 Å². The Morgan fingerprint density at radius 1 is 1.00 bits per heavy atom. The number of aromatic nitrogens is 2. The molecule has 4 rings (SSSR count). The number of anilines is 4. The number of hydrogen-bond donors (Lipinski definition) is 1. The molecule has 10 heteroatoms. The zero-order chi connectivity index (χ0) is 24.2. The summed E-state index contributed by atoms with van der Waals surface area (Å²) in [6.07, 6.45) is 1.34. The van der Waals surface area contributed by atoms with Gasteiger partial charge in [0.2, 0.25) is 11.6 Å². The molecule has 1 aliphatic rings. The second-order valence-electron chi connectivity index (χ2n) is 8.04. The van der Waals surface area contributed by atoms with Crippen molar-refractivity contribution >= 4 is 28.7 Å². The van der Waals surface area contributed by atoms with Crippen molar-refractivity contribution in [3.8, 4) is 11.5 Å². The van der Waals surface area contributed by atoms with Gasteiger partial charge in [-0.1, -0.05) is 12.1 Å². The van der Waals surface area contributed by atoms with Gasteiger partial charge in [-0.25, -0.2) is 9.97 Å². The third kappa shape index (κ3) is 4.52. The summed E-state index contributed by atoms with van der Waals surface area (Å²) in [6.45, 7) is 6.91. The zero-order valence-corrected chi connectivity index (χ0v) is 19.7. The fourth-order valence-electron chi connectivity index (χ4n) is 4.13. The molecule has 2 aromatic carbocycles. The molecule has 0 radical (unpaired) electrons. The van der Waals surface area contributed by atoms with Gasteiger partial charge in [0.1, 0.15) is 17.8 Å². The van der Waals surface area contributed by atoms with E-state index in [9.17, 15) is 10.1 Å². The summed E-state index contributed by atoms with van der Waals surface area (Å²) in [5.41, 5.74) is 4.07. The summed E-state index contributed by atoms with van der Waals surface area (Å²) < 4.78 is 10.6. The van der Waals surface area contributed by atoms with E-state index in [2.05, 4.69) is 52.2 Å². The first-order chi connectivity index (χ1) is 16.4. The van der Waals surface area contributed by atoms with Crippen LogP contribution in [0.5, 0.6) is 11.5 Å². The SMILES string of the molecule is COc1ccc(Nc2ncnc(N3CCN(c4cccc(C)c4C)CC3)c2[N+](=O)[O-])c(OC)c1. The molecule has 0 amide bonds. The van der Waals surface area contributed by atoms with Crippen molar-refractivity contribution in [3.05, 3.63) is 64.0 Å². The van der Waals surface area contributed by atoms with Crippen LogP contribution in [0.15, 0.2) is 42.7 Å². The summed E-state index contributed by atoms with van der Waals surface area (Å²) >= 11 is 0. The first-order valence-corrected chi connectivity index (χ1v) is 11.0. The summed E-state index contributed by atoms with van der Waals surface area (Å²) in [6, 6.07) is 11.5. The predicted molar refractivity (Wildman–Crippen MR) is 132 cm³/mol. The van der Waals surface area contributed by atoms with Crippen LogP contribution in [-0.2, 0) is 0 Å². The molecule has 34 heavy (non-hydrogen) atoms. The van der Waals surface area contributed by atoms with Gasteiger partial charge in [-0.2, -0.15) is 0 Å². The van der Waals surface area contributed by atoms with Crippen LogP contribution in [0, 0.1) is 24.0 Å². The molecule has 0 bridgehead atoms. The van der Waals surface area contributed by atoms with Crippen molar-refractivity contribution in [2.45, 2.75) is 13.8 Å². The summed E-state index contributed by atoms with van der Waals surface area (Å²) in [5, 5.41) is 15.1. The van der Waals surface area contributed by atoms with E-state index < -0.39 is 4.92 Å². The Hall–Kier alpha value is -4.08. The molecule has 3 aromatic rings. The van der Waals surface area contributed by atoms with Gasteiger partial charge in [0.15, 0.2) is 0 Å². The van der Waals surface area contributed by atoms with E-state index in [1.807, 2.05) is 4.90 Å². The van der Waals surface area contributed by atoms with Crippen molar-refractivity contribution in [2.24, 2.45) is 0 Å². The van der Waals surface area contributed by atoms with Gasteiger partial charge in [0.25, 0.3) is 0 Å². The average Bonchev–Trinajstić information content (AvgIpc) is 2.85. The number of methoxy groups -OCH3 is 2. The van der Waals surface area contributed by atoms with E-state index >= 15 is 0 Å². The van der Waals surface area contributed by atoms with E-state index in [4.69, 9.17) is 9.47 Å². The first-order valence-electron chi connectivity index (χ1n) is 11.0. The Kier molecular flexibility index (Phi) is 6.67. The number of piperazine rings is 1. The highest BCUT2D eigenvalue weighted by Crippen LogP contribution is 2.37. The van der Waals surface area contributed by atoms with Crippen LogP contribution in [0.3, 0.4) is 0 Å². The lowest BCUT2D eigenvalue weighted by atomic mass is 10.1. The molecule has 10 nitrogen and oxygen atoms in total. The molecule has 1 N–H and O–H groups in total. The Morgan fingerprint density at radius 2 is 1.74 bits per heavy atom. The quantitative estimate of drug-likeness (QED) is 0.409. The fourth-order valence-corrected chi connectivity index (χ4v) is 4.13. The van der Waals surface area contributed by atoms with E-state index in [0.29, 0.717) is 36.1 Å². The molecular formula is C24H28N6O4. The average molecular weight is 465 g/mol. The number of nitrogens with zero attached hydrogens (tertiary/aromatic N) is 5. The van der Waals surface area contributed by atoms with Gasteiger partial charge in [-0.15, -0.1) is 0 Å². The van der Waals surface area contributed by atoms with Crippen LogP contribution >= 0.6 is 0 Å². The van der Waals surface area contributed by atoms with E-state index in [1.165, 1.54) is 30.3 Å². The predicted octanol–water partition coefficient (Wildman–Crippen LogP) is 4.09. The number of ether oxygens (including phenoxy) is 2. The van der Waals surface area contributed by atoms with Crippen molar-refractivity contribution in [1.29, 1.82) is 0 Å². The Labute approximate surface area is 198 Å². The van der Waals surface area contributed by atoms with Crippen LogP contribution in [0.2, 0.25) is 0 Å². The van der Waals surface area contributed by atoms with Gasteiger partial charge in [-0.05, 0) is 43.2 Å². The molecule has 1 saturated heterocycles. The van der Waals surface area contributed by atoms with E-state index in [-0.39, 0.29) is 11.5 Å². The Bertz CT molecular complexity index is 1190. The van der Waals surface area contributed by atoms with Crippen molar-refractivity contribution in [3.63, 3.8) is 0 Å². The molecule has 0 aliphatic carbocycles. The minimum Gasteiger partial charge on any atom is -0.497 e. The molecule has 1 fully saturated rings. The molecule has 1 aliphatic heterocycles. The topological polar surface area (TPSA) is 106 Å². The van der Waals surface area contributed by atoms with Gasteiger partial charge < -0.3 is 24.6 Å². The van der Waals surface area contributed by atoms with Gasteiger partial charge in [-0.3, -0.25) is 10.1 Å². The fraction of sp³-hybridized carbons (Fsp3) is 0.333. The van der Waals surface area contributed by atoms with Crippen LogP contribution in [0.25, 0.3) is 0 Å². The highest BCUT2D eigenvalue weighted by atomic mass is 16.6. The molecule has 0 atom stereocenters. The van der Waals surface area contributed by atoms with Gasteiger partial charge in [0.05, 0.1) is 24.8 Å². The van der Waals surface area contributed by atoms with Crippen LogP contribution in [-0.4, -0.2) is 55.3 Å². The minimum atomic E-state index is -0.440. The monoisotopic (exact) mass is 464 g/mol. The Balaban J connectivity index is 1.59. The second-order valence-corrected chi connectivity index (χ2v) is 8.04. The standard InChI is InChI=1S/C24H28N6O4/c1-16-6-5-7-20(17(16)2)28-10-12-29(13-11-28)24-22(30(31)32)23(25-15-26-24)27-19-9-8-18(33-3)14-21(19)34-4/h5-9,14-15H,10-13H2,1-4H3,(H,25,26,27). The number of nitro groups is 1. The number of benzene rings is 2. The maximum atomic E-state index is 12.1. The van der Waals surface area contributed by atoms with Crippen LogP contribution < -0.4 is 24.6 Å². The largest absolute Gasteiger partial charge is 0.497 e.